The molecule has 2 aromatic heterocycles. The van der Waals surface area contributed by atoms with E-state index in [1.165, 1.54) is 30.6 Å². The van der Waals surface area contributed by atoms with Crippen LogP contribution < -0.4 is 0 Å². The maximum atomic E-state index is 14.4. The van der Waals surface area contributed by atoms with Gasteiger partial charge in [-0.3, -0.25) is 9.78 Å². The van der Waals surface area contributed by atoms with E-state index in [0.717, 1.165) is 12.1 Å². The molecule has 0 unspecified atom stereocenters. The number of ketones is 1. The molecular formula is C26H20F2N4O4. The van der Waals surface area contributed by atoms with Gasteiger partial charge in [-0.1, -0.05) is 6.07 Å². The molecule has 0 radical (unpaired) electrons. The van der Waals surface area contributed by atoms with Gasteiger partial charge in [0.1, 0.15) is 29.5 Å². The van der Waals surface area contributed by atoms with Gasteiger partial charge in [0, 0.05) is 25.2 Å². The third-order valence-corrected chi connectivity index (χ3v) is 6.00. The number of aliphatic hydroxyl groups excluding tert-OH is 2. The molecule has 4 atom stereocenters. The summed E-state index contributed by atoms with van der Waals surface area (Å²) in [5.41, 5.74) is 0.0147. The number of carbonyl (C=O) groups is 1. The van der Waals surface area contributed by atoms with E-state index in [1.807, 2.05) is 12.1 Å². The van der Waals surface area contributed by atoms with E-state index in [4.69, 9.17) is 10.00 Å². The number of hydrogen-bond acceptors (Lipinski definition) is 8. The summed E-state index contributed by atoms with van der Waals surface area (Å²) >= 11 is 0. The Morgan fingerprint density at radius 2 is 1.89 bits per heavy atom. The second kappa shape index (κ2) is 10.7. The Bertz CT molecular complexity index is 1360. The lowest BCUT2D eigenvalue weighted by Gasteiger charge is -2.37. The van der Waals surface area contributed by atoms with Gasteiger partial charge in [-0.05, 0) is 41.5 Å². The quantitative estimate of drug-likeness (QED) is 0.502. The molecule has 0 bridgehead atoms. The number of aromatic nitrogens is 2. The van der Waals surface area contributed by atoms with Crippen molar-refractivity contribution in [2.24, 2.45) is 0 Å². The molecule has 3 heterocycles. The average Bonchev–Trinajstić information content (AvgIpc) is 2.87. The Balaban J connectivity index is 1.65. The highest BCUT2D eigenvalue weighted by Crippen LogP contribution is 2.35. The lowest BCUT2D eigenvalue weighted by molar-refractivity contribution is -0.168. The number of rotatable bonds is 6. The van der Waals surface area contributed by atoms with E-state index in [1.54, 1.807) is 6.07 Å². The van der Waals surface area contributed by atoms with Crippen LogP contribution in [0.5, 0.6) is 0 Å². The molecule has 3 aromatic rings. The molecule has 1 saturated heterocycles. The molecule has 182 valence electrons. The normalized spacial score (nSPS) is 21.4. The van der Waals surface area contributed by atoms with E-state index < -0.39 is 47.4 Å². The van der Waals surface area contributed by atoms with Crippen LogP contribution in [0.15, 0.2) is 48.8 Å². The standard InChI is InChI=1S/C26H20F2N4O4/c27-17-2-1-3-18(28)24(17)25-14(12-30)4-5-19(32-25)20(33)10-15-13-31-9-7-16(15)23-11-21(34)26(35)22(36-23)6-8-29/h1-5,7,9,13,21-23,26,34-35H,6,10-11H2/t21-,22-,23-,26+/m1/s1. The summed E-state index contributed by atoms with van der Waals surface area (Å²) in [4.78, 5) is 21.3. The van der Waals surface area contributed by atoms with Crippen LogP contribution in [0.1, 0.15) is 46.1 Å². The van der Waals surface area contributed by atoms with Crippen molar-refractivity contribution >= 4 is 5.78 Å². The Labute approximate surface area is 205 Å². The number of halogens is 2. The Kier molecular flexibility index (Phi) is 7.41. The zero-order valence-electron chi connectivity index (χ0n) is 18.8. The summed E-state index contributed by atoms with van der Waals surface area (Å²) in [7, 11) is 0. The number of Topliss-reactive ketones (excluding diaryl/α,β-unsaturated/α-hetero) is 1. The number of pyridine rings is 2. The molecule has 1 aliphatic heterocycles. The van der Waals surface area contributed by atoms with Gasteiger partial charge in [-0.15, -0.1) is 0 Å². The first-order valence-corrected chi connectivity index (χ1v) is 11.0. The minimum Gasteiger partial charge on any atom is -0.390 e. The molecule has 1 aromatic carbocycles. The van der Waals surface area contributed by atoms with E-state index in [9.17, 15) is 29.1 Å². The third-order valence-electron chi connectivity index (χ3n) is 6.00. The predicted molar refractivity (Wildman–Crippen MR) is 121 cm³/mol. The lowest BCUT2D eigenvalue weighted by atomic mass is 9.90. The highest BCUT2D eigenvalue weighted by Gasteiger charge is 2.38. The van der Waals surface area contributed by atoms with Crippen LogP contribution in [0.4, 0.5) is 8.78 Å². The number of nitrogens with zero attached hydrogens (tertiary/aromatic N) is 4. The number of carbonyl (C=O) groups excluding carboxylic acids is 1. The van der Waals surface area contributed by atoms with Crippen LogP contribution in [0.3, 0.4) is 0 Å². The van der Waals surface area contributed by atoms with Crippen molar-refractivity contribution in [1.29, 1.82) is 10.5 Å². The first-order valence-electron chi connectivity index (χ1n) is 11.0. The van der Waals surface area contributed by atoms with Crippen molar-refractivity contribution in [3.05, 3.63) is 82.8 Å². The van der Waals surface area contributed by atoms with Gasteiger partial charge in [0.05, 0.1) is 47.6 Å². The maximum Gasteiger partial charge on any atom is 0.185 e. The van der Waals surface area contributed by atoms with Crippen LogP contribution in [0, 0.1) is 34.3 Å². The second-order valence-corrected chi connectivity index (χ2v) is 8.29. The summed E-state index contributed by atoms with van der Waals surface area (Å²) < 4.78 is 34.6. The number of ether oxygens (including phenoxy) is 1. The van der Waals surface area contributed by atoms with Crippen molar-refractivity contribution in [2.75, 3.05) is 0 Å². The van der Waals surface area contributed by atoms with Crippen molar-refractivity contribution < 1.29 is 28.5 Å². The van der Waals surface area contributed by atoms with E-state index in [-0.39, 0.29) is 36.2 Å². The van der Waals surface area contributed by atoms with Crippen LogP contribution in [-0.2, 0) is 11.2 Å². The fraction of sp³-hybridized carbons (Fsp3) is 0.269. The molecule has 36 heavy (non-hydrogen) atoms. The zero-order valence-corrected chi connectivity index (χ0v) is 18.8. The molecule has 0 saturated carbocycles. The van der Waals surface area contributed by atoms with Gasteiger partial charge in [0.25, 0.3) is 0 Å². The SMILES string of the molecule is N#CC[C@H]1O[C@@H](c2ccncc2CC(=O)c2ccc(C#N)c(-c3c(F)cccc3F)n2)C[C@@H](O)[C@@H]1O. The number of nitriles is 2. The maximum absolute atomic E-state index is 14.4. The Hall–Kier alpha value is -4.09. The molecule has 10 heteroatoms. The molecule has 4 rings (SSSR count). The van der Waals surface area contributed by atoms with E-state index in [2.05, 4.69) is 9.97 Å². The fourth-order valence-corrected chi connectivity index (χ4v) is 4.20. The van der Waals surface area contributed by atoms with Crippen molar-refractivity contribution in [3.8, 4) is 23.4 Å². The van der Waals surface area contributed by atoms with Gasteiger partial charge in [0.2, 0.25) is 0 Å². The molecule has 0 spiro atoms. The first kappa shape index (κ1) is 25.0. The van der Waals surface area contributed by atoms with Gasteiger partial charge in [-0.25, -0.2) is 13.8 Å². The summed E-state index contributed by atoms with van der Waals surface area (Å²) in [6.07, 6.45) is -1.30. The summed E-state index contributed by atoms with van der Waals surface area (Å²) in [5.74, 6) is -2.34. The molecule has 1 aliphatic rings. The minimum absolute atomic E-state index is 0.0418. The minimum atomic E-state index is -1.21. The first-order chi connectivity index (χ1) is 17.3. The summed E-state index contributed by atoms with van der Waals surface area (Å²) in [6, 6.07) is 11.2. The van der Waals surface area contributed by atoms with Crippen LogP contribution >= 0.6 is 0 Å². The van der Waals surface area contributed by atoms with E-state index >= 15 is 0 Å². The molecule has 8 nitrogen and oxygen atoms in total. The fourth-order valence-electron chi connectivity index (χ4n) is 4.20. The Morgan fingerprint density at radius 1 is 1.14 bits per heavy atom. The smallest absolute Gasteiger partial charge is 0.185 e. The highest BCUT2D eigenvalue weighted by molar-refractivity contribution is 5.96. The number of hydrogen-bond donors (Lipinski definition) is 2. The second-order valence-electron chi connectivity index (χ2n) is 8.29. The van der Waals surface area contributed by atoms with Crippen LogP contribution in [0.25, 0.3) is 11.3 Å². The Morgan fingerprint density at radius 3 is 2.58 bits per heavy atom. The topological polar surface area (TPSA) is 140 Å². The predicted octanol–water partition coefficient (Wildman–Crippen LogP) is 3.18. The number of benzene rings is 1. The lowest BCUT2D eigenvalue weighted by Crippen LogP contribution is -2.45. The largest absolute Gasteiger partial charge is 0.390 e. The highest BCUT2D eigenvalue weighted by atomic mass is 19.1. The molecular weight excluding hydrogens is 470 g/mol. The molecule has 0 amide bonds. The third kappa shape index (κ3) is 4.97. The average molecular weight is 490 g/mol. The van der Waals surface area contributed by atoms with Crippen molar-refractivity contribution in [1.82, 2.24) is 9.97 Å². The van der Waals surface area contributed by atoms with Crippen molar-refractivity contribution in [3.63, 3.8) is 0 Å². The summed E-state index contributed by atoms with van der Waals surface area (Å²) in [6.45, 7) is 0. The molecule has 0 aliphatic carbocycles. The van der Waals surface area contributed by atoms with Gasteiger partial charge < -0.3 is 14.9 Å². The molecule has 2 N–H and O–H groups in total. The van der Waals surface area contributed by atoms with Gasteiger partial charge >= 0.3 is 0 Å². The zero-order chi connectivity index (χ0) is 25.8. The van der Waals surface area contributed by atoms with Crippen LogP contribution in [0.2, 0.25) is 0 Å². The molecule has 1 fully saturated rings. The van der Waals surface area contributed by atoms with Gasteiger partial charge in [-0.2, -0.15) is 10.5 Å². The van der Waals surface area contributed by atoms with E-state index in [0.29, 0.717) is 11.1 Å². The monoisotopic (exact) mass is 490 g/mol. The van der Waals surface area contributed by atoms with Crippen molar-refractivity contribution in [2.45, 2.75) is 43.7 Å². The van der Waals surface area contributed by atoms with Crippen LogP contribution in [-0.4, -0.2) is 44.3 Å². The van der Waals surface area contributed by atoms with Gasteiger partial charge in [0.15, 0.2) is 5.78 Å². The number of aliphatic hydroxyl groups is 2. The summed E-state index contributed by atoms with van der Waals surface area (Å²) in [5, 5.41) is 38.8.